The Balaban J connectivity index is 1.80. The molecule has 0 spiro atoms. The summed E-state index contributed by atoms with van der Waals surface area (Å²) >= 11 is 2.09. The zero-order valence-corrected chi connectivity index (χ0v) is 20.4. The molecule has 3 rings (SSSR count). The third-order valence-electron chi connectivity index (χ3n) is 5.34. The first kappa shape index (κ1) is 24.6. The highest BCUT2D eigenvalue weighted by Crippen LogP contribution is 2.31. The van der Waals surface area contributed by atoms with Crippen molar-refractivity contribution >= 4 is 50.5 Å². The number of carbonyl (C=O) groups excluding carboxylic acids is 1. The Kier molecular flexibility index (Phi) is 7.23. The lowest BCUT2D eigenvalue weighted by atomic mass is 10.1. The van der Waals surface area contributed by atoms with Gasteiger partial charge in [-0.25, -0.2) is 8.42 Å². The normalized spacial score (nSPS) is 18.1. The molecular weight excluding hydrogens is 556 g/mol. The fourth-order valence-corrected chi connectivity index (χ4v) is 4.79. The molecule has 1 aliphatic heterocycles. The van der Waals surface area contributed by atoms with Gasteiger partial charge in [0.05, 0.1) is 16.2 Å². The van der Waals surface area contributed by atoms with Crippen LogP contribution in [0.25, 0.3) is 6.08 Å². The van der Waals surface area contributed by atoms with Crippen molar-refractivity contribution in [3.8, 4) is 0 Å². The second kappa shape index (κ2) is 9.42. The maximum Gasteiger partial charge on any atom is 0.416 e. The van der Waals surface area contributed by atoms with Crippen molar-refractivity contribution in [3.63, 3.8) is 0 Å². The van der Waals surface area contributed by atoms with Crippen molar-refractivity contribution in [1.29, 1.82) is 0 Å². The average molecular weight is 578 g/mol. The second-order valence-corrected chi connectivity index (χ2v) is 10.9. The minimum absolute atomic E-state index is 0.0507. The van der Waals surface area contributed by atoms with E-state index in [4.69, 9.17) is 0 Å². The predicted molar refractivity (Wildman–Crippen MR) is 126 cm³/mol. The van der Waals surface area contributed by atoms with Crippen LogP contribution >= 0.6 is 22.6 Å². The Morgan fingerprint density at radius 2 is 1.78 bits per heavy atom. The smallest absolute Gasteiger partial charge is 0.365 e. The zero-order chi connectivity index (χ0) is 23.7. The molecule has 1 unspecified atom stereocenters. The van der Waals surface area contributed by atoms with Crippen LogP contribution in [0.3, 0.4) is 0 Å². The number of anilines is 1. The molecule has 0 N–H and O–H groups in total. The standard InChI is InChI=1S/C22H22F3IN2O3S/c1-15-13-27(9-10-28(15)18-5-3-17(4-6-18)22(23,24)25)19(14-29)11-16-12-20(32(2,30)31)7-8-21(16)26/h3-8,11-12,14-15H,9-10,13H2,1-2H3. The molecule has 10 heteroatoms. The molecule has 1 fully saturated rings. The summed E-state index contributed by atoms with van der Waals surface area (Å²) in [5.41, 5.74) is 1.06. The highest BCUT2D eigenvalue weighted by Gasteiger charge is 2.31. The zero-order valence-electron chi connectivity index (χ0n) is 17.4. The van der Waals surface area contributed by atoms with E-state index in [1.54, 1.807) is 18.2 Å². The van der Waals surface area contributed by atoms with Crippen molar-refractivity contribution in [1.82, 2.24) is 4.90 Å². The fourth-order valence-electron chi connectivity index (χ4n) is 3.64. The Hall–Kier alpha value is -2.08. The van der Waals surface area contributed by atoms with Crippen molar-refractivity contribution in [3.05, 3.63) is 62.9 Å². The van der Waals surface area contributed by atoms with E-state index in [2.05, 4.69) is 22.6 Å². The monoisotopic (exact) mass is 578 g/mol. The van der Waals surface area contributed by atoms with E-state index < -0.39 is 21.6 Å². The third-order valence-corrected chi connectivity index (χ3v) is 7.43. The lowest BCUT2D eigenvalue weighted by molar-refractivity contribution is -0.137. The topological polar surface area (TPSA) is 57.7 Å². The molecular formula is C22H22F3IN2O3S. The molecule has 1 atom stereocenters. The van der Waals surface area contributed by atoms with Gasteiger partial charge in [-0.3, -0.25) is 4.79 Å². The molecule has 0 amide bonds. The van der Waals surface area contributed by atoms with E-state index in [-0.39, 0.29) is 10.9 Å². The maximum absolute atomic E-state index is 12.8. The molecule has 1 saturated heterocycles. The molecule has 1 heterocycles. The van der Waals surface area contributed by atoms with Crippen LogP contribution in [-0.4, -0.2) is 51.5 Å². The number of aldehydes is 1. The molecule has 2 aromatic carbocycles. The van der Waals surface area contributed by atoms with Crippen LogP contribution in [0.15, 0.2) is 53.1 Å². The van der Waals surface area contributed by atoms with Gasteiger partial charge < -0.3 is 9.80 Å². The molecule has 2 aromatic rings. The van der Waals surface area contributed by atoms with Gasteiger partial charge in [-0.1, -0.05) is 0 Å². The number of halogens is 4. The van der Waals surface area contributed by atoms with Crippen LogP contribution in [0.4, 0.5) is 18.9 Å². The van der Waals surface area contributed by atoms with E-state index in [0.29, 0.717) is 36.6 Å². The summed E-state index contributed by atoms with van der Waals surface area (Å²) in [5.74, 6) is 0. The lowest BCUT2D eigenvalue weighted by Gasteiger charge is -2.42. The van der Waals surface area contributed by atoms with Crippen molar-refractivity contribution in [2.75, 3.05) is 30.8 Å². The van der Waals surface area contributed by atoms with Crippen LogP contribution in [0.2, 0.25) is 0 Å². The van der Waals surface area contributed by atoms with E-state index >= 15 is 0 Å². The fraction of sp³-hybridized carbons (Fsp3) is 0.318. The number of allylic oxidation sites excluding steroid dienone is 1. The van der Waals surface area contributed by atoms with Crippen LogP contribution in [0, 0.1) is 3.57 Å². The summed E-state index contributed by atoms with van der Waals surface area (Å²) in [7, 11) is -3.38. The Morgan fingerprint density at radius 1 is 1.12 bits per heavy atom. The van der Waals surface area contributed by atoms with Gasteiger partial charge in [-0.05, 0) is 83.6 Å². The van der Waals surface area contributed by atoms with Gasteiger partial charge in [-0.2, -0.15) is 13.2 Å². The van der Waals surface area contributed by atoms with Gasteiger partial charge in [0.15, 0.2) is 16.1 Å². The molecule has 5 nitrogen and oxygen atoms in total. The number of hydrogen-bond acceptors (Lipinski definition) is 5. The number of alkyl halides is 3. The van der Waals surface area contributed by atoms with E-state index in [1.165, 1.54) is 18.2 Å². The summed E-state index contributed by atoms with van der Waals surface area (Å²) in [6.45, 7) is 3.46. The van der Waals surface area contributed by atoms with Gasteiger partial charge in [-0.15, -0.1) is 0 Å². The molecule has 32 heavy (non-hydrogen) atoms. The summed E-state index contributed by atoms with van der Waals surface area (Å²) in [4.78, 5) is 15.9. The number of carbonyl (C=O) groups is 1. The van der Waals surface area contributed by atoms with E-state index in [1.807, 2.05) is 16.7 Å². The minimum Gasteiger partial charge on any atom is -0.365 e. The van der Waals surface area contributed by atoms with Gasteiger partial charge in [0, 0.05) is 41.2 Å². The quantitative estimate of drug-likeness (QED) is 0.298. The highest BCUT2D eigenvalue weighted by molar-refractivity contribution is 14.1. The molecule has 1 aliphatic rings. The summed E-state index contributed by atoms with van der Waals surface area (Å²) in [6.07, 6.45) is -0.836. The van der Waals surface area contributed by atoms with Gasteiger partial charge >= 0.3 is 6.18 Å². The number of sulfone groups is 1. The maximum atomic E-state index is 12.8. The molecule has 0 aromatic heterocycles. The molecule has 0 aliphatic carbocycles. The molecule has 0 saturated carbocycles. The van der Waals surface area contributed by atoms with Crippen molar-refractivity contribution < 1.29 is 26.4 Å². The second-order valence-electron chi connectivity index (χ2n) is 7.68. The van der Waals surface area contributed by atoms with Gasteiger partial charge in [0.25, 0.3) is 0 Å². The van der Waals surface area contributed by atoms with Gasteiger partial charge in [0.1, 0.15) is 0 Å². The Bertz CT molecular complexity index is 1130. The molecule has 172 valence electrons. The third kappa shape index (κ3) is 5.64. The van der Waals surface area contributed by atoms with Crippen molar-refractivity contribution in [2.45, 2.75) is 24.0 Å². The Morgan fingerprint density at radius 3 is 2.31 bits per heavy atom. The number of piperazine rings is 1. The van der Waals surface area contributed by atoms with E-state index in [9.17, 15) is 26.4 Å². The average Bonchev–Trinajstić information content (AvgIpc) is 2.71. The van der Waals surface area contributed by atoms with E-state index in [0.717, 1.165) is 28.2 Å². The highest BCUT2D eigenvalue weighted by atomic mass is 127. The van der Waals surface area contributed by atoms with Crippen LogP contribution in [0.5, 0.6) is 0 Å². The lowest BCUT2D eigenvalue weighted by Crippen LogP contribution is -2.51. The van der Waals surface area contributed by atoms with Crippen LogP contribution in [-0.2, 0) is 20.8 Å². The first-order chi connectivity index (χ1) is 14.9. The molecule has 0 bridgehead atoms. The first-order valence-corrected chi connectivity index (χ1v) is 12.7. The summed E-state index contributed by atoms with van der Waals surface area (Å²) in [5, 5.41) is 0. The van der Waals surface area contributed by atoms with Crippen molar-refractivity contribution in [2.24, 2.45) is 0 Å². The predicted octanol–water partition coefficient (Wildman–Crippen LogP) is 4.46. The minimum atomic E-state index is -4.38. The Labute approximate surface area is 199 Å². The summed E-state index contributed by atoms with van der Waals surface area (Å²) < 4.78 is 63.0. The largest absolute Gasteiger partial charge is 0.416 e. The molecule has 0 radical (unpaired) electrons. The number of hydrogen-bond donors (Lipinski definition) is 0. The first-order valence-electron chi connectivity index (χ1n) is 9.75. The summed E-state index contributed by atoms with van der Waals surface area (Å²) in [6, 6.07) is 9.78. The number of rotatable bonds is 5. The van der Waals surface area contributed by atoms with Gasteiger partial charge in [0.2, 0.25) is 0 Å². The number of benzene rings is 2. The number of nitrogens with zero attached hydrogens (tertiary/aromatic N) is 2. The SMILES string of the molecule is CC1CN(C(C=O)=Cc2cc(S(C)(=O)=O)ccc2I)CCN1c1ccc(C(F)(F)F)cc1. The van der Waals surface area contributed by atoms with Crippen LogP contribution in [0.1, 0.15) is 18.1 Å². The van der Waals surface area contributed by atoms with Crippen LogP contribution < -0.4 is 4.90 Å².